The number of methoxy groups -OCH3 is 2. The molecule has 0 spiro atoms. The molecule has 1 heterocycles. The van der Waals surface area contributed by atoms with Crippen molar-refractivity contribution >= 4 is 40.7 Å². The molecule has 0 fully saturated rings. The van der Waals surface area contributed by atoms with E-state index in [0.29, 0.717) is 38.7 Å². The highest BCUT2D eigenvalue weighted by Crippen LogP contribution is 2.31. The summed E-state index contributed by atoms with van der Waals surface area (Å²) in [4.78, 5) is 38.4. The Kier molecular flexibility index (Phi) is 15.5. The third-order valence-electron chi connectivity index (χ3n) is 7.96. The second kappa shape index (κ2) is 20.3. The molecule has 49 heavy (non-hydrogen) atoms. The van der Waals surface area contributed by atoms with E-state index in [-0.39, 0.29) is 43.2 Å². The van der Waals surface area contributed by atoms with Crippen molar-refractivity contribution < 1.29 is 38.1 Å². The molecule has 0 bridgehead atoms. The molecule has 1 aliphatic rings. The Bertz CT molecular complexity index is 1540. The molecule has 1 aliphatic heterocycles. The maximum Gasteiger partial charge on any atom is 0.258 e. The highest BCUT2D eigenvalue weighted by atomic mass is 35.5. The number of benzene rings is 3. The molecule has 0 atom stereocenters. The van der Waals surface area contributed by atoms with Gasteiger partial charge in [-0.1, -0.05) is 18.2 Å². The molecule has 4 rings (SSSR count). The van der Waals surface area contributed by atoms with Crippen molar-refractivity contribution in [2.45, 2.75) is 38.5 Å². The number of nitrogens with one attached hydrogen (secondary N) is 2. The van der Waals surface area contributed by atoms with Crippen LogP contribution in [0.3, 0.4) is 0 Å². The Morgan fingerprint density at radius 1 is 0.837 bits per heavy atom. The lowest BCUT2D eigenvalue weighted by Crippen LogP contribution is -2.36. The zero-order chi connectivity index (χ0) is 34.8. The van der Waals surface area contributed by atoms with E-state index in [1.54, 1.807) is 25.2 Å². The van der Waals surface area contributed by atoms with Crippen molar-refractivity contribution in [2.75, 3.05) is 76.4 Å². The van der Waals surface area contributed by atoms with E-state index < -0.39 is 0 Å². The fraction of sp³-hybridized carbons (Fsp3) is 0.432. The van der Waals surface area contributed by atoms with Gasteiger partial charge in [0.05, 0.1) is 47.1 Å². The summed E-state index contributed by atoms with van der Waals surface area (Å²) in [6.45, 7) is 2.14. The van der Waals surface area contributed by atoms with Crippen LogP contribution in [0.15, 0.2) is 60.7 Å². The summed E-state index contributed by atoms with van der Waals surface area (Å²) >= 11 is 5.73. The predicted molar refractivity (Wildman–Crippen MR) is 189 cm³/mol. The lowest BCUT2D eigenvalue weighted by Gasteiger charge is -2.29. The fourth-order valence-electron chi connectivity index (χ4n) is 5.50. The summed E-state index contributed by atoms with van der Waals surface area (Å²) in [6.07, 6.45) is 4.65. The number of halogens is 1. The molecule has 0 saturated carbocycles. The van der Waals surface area contributed by atoms with Crippen LogP contribution in [-0.4, -0.2) is 83.9 Å². The Morgan fingerprint density at radius 3 is 2.39 bits per heavy atom. The maximum absolute atomic E-state index is 12.4. The van der Waals surface area contributed by atoms with Gasteiger partial charge in [0.1, 0.15) is 11.6 Å². The zero-order valence-electron chi connectivity index (χ0n) is 28.3. The lowest BCUT2D eigenvalue weighted by molar-refractivity contribution is -0.123. The predicted octanol–water partition coefficient (Wildman–Crippen LogP) is 4.95. The molecule has 2 N–H and O–H groups in total. The molecule has 12 heteroatoms. The maximum atomic E-state index is 12.4. The number of fused-ring (bicyclic) bond motifs is 1. The molecular formula is C37H46ClN3O8. The largest absolute Gasteiger partial charge is 0.493 e. The van der Waals surface area contributed by atoms with E-state index in [9.17, 15) is 14.4 Å². The number of hydrogen-bond donors (Lipinski definition) is 2. The Morgan fingerprint density at radius 2 is 1.61 bits per heavy atom. The second-order valence-electron chi connectivity index (χ2n) is 11.5. The van der Waals surface area contributed by atoms with Crippen LogP contribution >= 0.6 is 11.6 Å². The van der Waals surface area contributed by atoms with Gasteiger partial charge in [-0.25, -0.2) is 0 Å². The Labute approximate surface area is 293 Å². The van der Waals surface area contributed by atoms with Crippen LogP contribution in [0.25, 0.3) is 0 Å². The van der Waals surface area contributed by atoms with E-state index in [1.165, 1.54) is 5.56 Å². The molecule has 0 aromatic heterocycles. The van der Waals surface area contributed by atoms with Crippen LogP contribution in [-0.2, 0) is 43.1 Å². The van der Waals surface area contributed by atoms with Gasteiger partial charge in [0.25, 0.3) is 5.91 Å². The Hall–Kier alpha value is -4.32. The first-order chi connectivity index (χ1) is 23.9. The van der Waals surface area contributed by atoms with E-state index in [0.717, 1.165) is 66.1 Å². The first-order valence-electron chi connectivity index (χ1n) is 16.5. The molecule has 3 aromatic carbocycles. The summed E-state index contributed by atoms with van der Waals surface area (Å²) in [7, 11) is 3.26. The van der Waals surface area contributed by atoms with Crippen molar-refractivity contribution in [2.24, 2.45) is 0 Å². The van der Waals surface area contributed by atoms with Crippen molar-refractivity contribution in [3.05, 3.63) is 77.4 Å². The first kappa shape index (κ1) is 37.5. The number of ether oxygens (including phenoxy) is 5. The first-order valence-corrected chi connectivity index (χ1v) is 17.1. The molecule has 264 valence electrons. The fourth-order valence-corrected chi connectivity index (χ4v) is 5.65. The smallest absolute Gasteiger partial charge is 0.258 e. The van der Waals surface area contributed by atoms with Crippen LogP contribution in [0, 0.1) is 0 Å². The summed E-state index contributed by atoms with van der Waals surface area (Å²) < 4.78 is 27.4. The zero-order valence-corrected chi connectivity index (χ0v) is 29.0. The quantitative estimate of drug-likeness (QED) is 0.126. The molecule has 0 unspecified atom stereocenters. The monoisotopic (exact) mass is 695 g/mol. The van der Waals surface area contributed by atoms with Gasteiger partial charge in [-0.3, -0.25) is 14.4 Å². The van der Waals surface area contributed by atoms with E-state index >= 15 is 0 Å². The average molecular weight is 696 g/mol. The van der Waals surface area contributed by atoms with Crippen molar-refractivity contribution in [1.29, 1.82) is 0 Å². The number of carbonyl (C=O) groups is 3. The number of carbonyl (C=O) groups excluding carboxylic acids is 3. The van der Waals surface area contributed by atoms with E-state index in [2.05, 4.69) is 16.7 Å². The van der Waals surface area contributed by atoms with Gasteiger partial charge < -0.3 is 39.2 Å². The molecule has 3 amide bonds. The van der Waals surface area contributed by atoms with Crippen LogP contribution in [0.5, 0.6) is 17.2 Å². The van der Waals surface area contributed by atoms with Gasteiger partial charge in [0, 0.05) is 24.5 Å². The van der Waals surface area contributed by atoms with Crippen LogP contribution < -0.4 is 29.7 Å². The summed E-state index contributed by atoms with van der Waals surface area (Å²) in [5.41, 5.74) is 4.94. The topological polar surface area (TPSA) is 125 Å². The number of hydrogen-bond acceptors (Lipinski definition) is 8. The molecule has 0 aliphatic carbocycles. The molecule has 0 radical (unpaired) electrons. The van der Waals surface area contributed by atoms with Gasteiger partial charge in [-0.15, -0.1) is 11.6 Å². The van der Waals surface area contributed by atoms with Crippen LogP contribution in [0.1, 0.15) is 36.0 Å². The van der Waals surface area contributed by atoms with Crippen molar-refractivity contribution in [3.8, 4) is 17.2 Å². The van der Waals surface area contributed by atoms with Crippen molar-refractivity contribution in [3.63, 3.8) is 0 Å². The second-order valence-corrected chi connectivity index (χ2v) is 11.7. The summed E-state index contributed by atoms with van der Waals surface area (Å²) in [5.74, 6) is 1.45. The number of anilines is 2. The lowest BCUT2D eigenvalue weighted by atomic mass is 10.0. The van der Waals surface area contributed by atoms with Gasteiger partial charge >= 0.3 is 0 Å². The van der Waals surface area contributed by atoms with Gasteiger partial charge in [0.2, 0.25) is 11.8 Å². The number of nitrogens with zero attached hydrogens (tertiary/aromatic N) is 1. The van der Waals surface area contributed by atoms with E-state index in [1.807, 2.05) is 48.5 Å². The SMILES string of the molecule is COc1ccc(CCCc2cccc(NC(=O)CCOCCOCCNC(=O)COc3ccc4c(c3)CCCN4C(=O)CCl)c2)cc1OC. The average Bonchev–Trinajstić information content (AvgIpc) is 3.12. The minimum absolute atomic E-state index is 0.0598. The highest BCUT2D eigenvalue weighted by molar-refractivity contribution is 6.29. The molecule has 11 nitrogen and oxygen atoms in total. The normalized spacial score (nSPS) is 12.2. The van der Waals surface area contributed by atoms with Gasteiger partial charge in [-0.05, 0) is 91.3 Å². The van der Waals surface area contributed by atoms with Crippen LogP contribution in [0.4, 0.5) is 11.4 Å². The minimum atomic E-state index is -0.261. The van der Waals surface area contributed by atoms with Gasteiger partial charge in [0.15, 0.2) is 18.1 Å². The molecule has 3 aromatic rings. The van der Waals surface area contributed by atoms with Crippen LogP contribution in [0.2, 0.25) is 0 Å². The number of rotatable bonds is 20. The number of amides is 3. The highest BCUT2D eigenvalue weighted by Gasteiger charge is 2.22. The number of alkyl halides is 1. The standard InChI is InChI=1S/C37H46ClN3O8/c1-45-33-14-11-28(23-34(33)46-2)7-3-6-27-8-4-10-30(22-27)40-35(42)15-18-47-20-21-48-19-16-39-36(43)26-49-31-12-13-32-29(24-31)9-5-17-41(32)37(44)25-38/h4,8,10-14,22-24H,3,5-7,9,15-21,25-26H2,1-2H3,(H,39,43)(H,40,42). The summed E-state index contributed by atoms with van der Waals surface area (Å²) in [5, 5.41) is 5.70. The third-order valence-corrected chi connectivity index (χ3v) is 8.19. The Balaban J connectivity index is 1.02. The van der Waals surface area contributed by atoms with Crippen molar-refractivity contribution in [1.82, 2.24) is 5.32 Å². The third kappa shape index (κ3) is 12.3. The van der Waals surface area contributed by atoms with Gasteiger partial charge in [-0.2, -0.15) is 0 Å². The van der Waals surface area contributed by atoms with E-state index in [4.69, 9.17) is 35.3 Å². The number of aryl methyl sites for hydroxylation is 3. The summed E-state index contributed by atoms with van der Waals surface area (Å²) in [6, 6.07) is 19.3. The minimum Gasteiger partial charge on any atom is -0.493 e. The molecule has 0 saturated heterocycles. The molecular weight excluding hydrogens is 650 g/mol.